The van der Waals surface area contributed by atoms with Gasteiger partial charge >= 0.3 is 0 Å². The summed E-state index contributed by atoms with van der Waals surface area (Å²) < 4.78 is 0. The second-order valence-electron chi connectivity index (χ2n) is 5.82. The number of anilines is 1. The van der Waals surface area contributed by atoms with E-state index in [1.807, 2.05) is 18.7 Å². The molecule has 1 atom stereocenters. The van der Waals surface area contributed by atoms with Gasteiger partial charge in [-0.05, 0) is 39.6 Å². The number of rotatable bonds is 6. The summed E-state index contributed by atoms with van der Waals surface area (Å²) >= 11 is 2.04. The van der Waals surface area contributed by atoms with E-state index in [2.05, 4.69) is 47.3 Å². The van der Waals surface area contributed by atoms with E-state index < -0.39 is 0 Å². The fraction of sp³-hybridized carbons (Fsp3) is 0.733. The Morgan fingerprint density at radius 2 is 2.20 bits per heavy atom. The maximum absolute atomic E-state index is 4.52. The van der Waals surface area contributed by atoms with E-state index in [1.54, 1.807) is 0 Å². The first-order valence-electron chi connectivity index (χ1n) is 7.39. The number of aromatic nitrogens is 2. The molecule has 112 valence electrons. The maximum Gasteiger partial charge on any atom is 0.129 e. The molecule has 1 aliphatic rings. The van der Waals surface area contributed by atoms with Crippen LogP contribution < -0.4 is 5.32 Å². The van der Waals surface area contributed by atoms with E-state index in [0.717, 1.165) is 36.7 Å². The van der Waals surface area contributed by atoms with E-state index >= 15 is 0 Å². The molecule has 1 aromatic rings. The van der Waals surface area contributed by atoms with Crippen molar-refractivity contribution in [2.75, 3.05) is 37.5 Å². The van der Waals surface area contributed by atoms with Crippen molar-refractivity contribution < 1.29 is 0 Å². The Balaban J connectivity index is 2.06. The van der Waals surface area contributed by atoms with Gasteiger partial charge in [0.1, 0.15) is 11.6 Å². The van der Waals surface area contributed by atoms with Crippen molar-refractivity contribution in [3.05, 3.63) is 17.6 Å². The molecule has 0 radical (unpaired) electrons. The summed E-state index contributed by atoms with van der Waals surface area (Å²) in [6.07, 6.45) is 3.38. The van der Waals surface area contributed by atoms with Gasteiger partial charge in [-0.2, -0.15) is 11.8 Å². The standard InChI is InChI=1S/C15H26N4S/c1-5-6-13-9-14(18-12(2)17-13)16-10-15(19(3)4)7-8-20-11-15/h9H,5-8,10-11H2,1-4H3,(H,16,17,18)/t15-/m1/s1. The molecule has 1 fully saturated rings. The molecule has 1 aromatic heterocycles. The monoisotopic (exact) mass is 294 g/mol. The number of hydrogen-bond donors (Lipinski definition) is 1. The molecule has 2 rings (SSSR count). The summed E-state index contributed by atoms with van der Waals surface area (Å²) in [5.41, 5.74) is 1.40. The minimum Gasteiger partial charge on any atom is -0.368 e. The van der Waals surface area contributed by atoms with Crippen molar-refractivity contribution in [2.24, 2.45) is 0 Å². The average molecular weight is 294 g/mol. The number of nitrogens with zero attached hydrogens (tertiary/aromatic N) is 3. The zero-order chi connectivity index (χ0) is 14.6. The Morgan fingerprint density at radius 3 is 2.80 bits per heavy atom. The highest BCUT2D eigenvalue weighted by Crippen LogP contribution is 2.32. The van der Waals surface area contributed by atoms with Crippen LogP contribution in [0.3, 0.4) is 0 Å². The second kappa shape index (κ2) is 6.76. The Kier molecular flexibility index (Phi) is 5.27. The fourth-order valence-corrected chi connectivity index (χ4v) is 4.16. The van der Waals surface area contributed by atoms with Gasteiger partial charge in [-0.3, -0.25) is 0 Å². The predicted molar refractivity (Wildman–Crippen MR) is 87.6 cm³/mol. The van der Waals surface area contributed by atoms with Gasteiger partial charge in [0.15, 0.2) is 0 Å². The lowest BCUT2D eigenvalue weighted by Gasteiger charge is -2.36. The molecule has 0 aliphatic carbocycles. The molecule has 5 heteroatoms. The second-order valence-corrected chi connectivity index (χ2v) is 6.92. The van der Waals surface area contributed by atoms with Gasteiger partial charge in [0, 0.05) is 29.6 Å². The van der Waals surface area contributed by atoms with E-state index in [9.17, 15) is 0 Å². The summed E-state index contributed by atoms with van der Waals surface area (Å²) in [5, 5.41) is 3.54. The Hall–Kier alpha value is -0.810. The SMILES string of the molecule is CCCc1cc(NC[C@]2(N(C)C)CCSC2)nc(C)n1. The van der Waals surface area contributed by atoms with Crippen LogP contribution in [0.4, 0.5) is 5.82 Å². The van der Waals surface area contributed by atoms with Crippen LogP contribution in [0.2, 0.25) is 0 Å². The number of hydrogen-bond acceptors (Lipinski definition) is 5. The van der Waals surface area contributed by atoms with Gasteiger partial charge in [0.2, 0.25) is 0 Å². The minimum atomic E-state index is 0.258. The van der Waals surface area contributed by atoms with Gasteiger partial charge in [0.05, 0.1) is 0 Å². The van der Waals surface area contributed by atoms with E-state index in [4.69, 9.17) is 0 Å². The summed E-state index contributed by atoms with van der Waals surface area (Å²) in [4.78, 5) is 11.4. The molecule has 0 unspecified atom stereocenters. The van der Waals surface area contributed by atoms with Crippen LogP contribution in [0.1, 0.15) is 31.3 Å². The summed E-state index contributed by atoms with van der Waals surface area (Å²) in [5.74, 6) is 4.28. The van der Waals surface area contributed by atoms with E-state index in [0.29, 0.717) is 0 Å². The van der Waals surface area contributed by atoms with Crippen LogP contribution in [0.25, 0.3) is 0 Å². The molecule has 1 saturated heterocycles. The van der Waals surface area contributed by atoms with Crippen LogP contribution in [0, 0.1) is 6.92 Å². The third-order valence-corrected chi connectivity index (χ3v) is 5.26. The lowest BCUT2D eigenvalue weighted by molar-refractivity contribution is 0.195. The molecule has 1 aliphatic heterocycles. The number of aryl methyl sites for hydroxylation is 2. The van der Waals surface area contributed by atoms with Gasteiger partial charge in [0.25, 0.3) is 0 Å². The zero-order valence-corrected chi connectivity index (χ0v) is 13.9. The topological polar surface area (TPSA) is 41.0 Å². The third-order valence-electron chi connectivity index (χ3n) is 4.03. The molecule has 0 amide bonds. The first-order valence-corrected chi connectivity index (χ1v) is 8.55. The molecular weight excluding hydrogens is 268 g/mol. The zero-order valence-electron chi connectivity index (χ0n) is 13.1. The van der Waals surface area contributed by atoms with Crippen molar-refractivity contribution >= 4 is 17.6 Å². The van der Waals surface area contributed by atoms with Crippen LogP contribution >= 0.6 is 11.8 Å². The molecule has 20 heavy (non-hydrogen) atoms. The van der Waals surface area contributed by atoms with Crippen LogP contribution in [-0.2, 0) is 6.42 Å². The molecule has 4 nitrogen and oxygen atoms in total. The number of thioether (sulfide) groups is 1. The molecule has 2 heterocycles. The van der Waals surface area contributed by atoms with Crippen molar-refractivity contribution in [1.82, 2.24) is 14.9 Å². The van der Waals surface area contributed by atoms with Gasteiger partial charge in [-0.15, -0.1) is 0 Å². The highest BCUT2D eigenvalue weighted by molar-refractivity contribution is 7.99. The Labute approximate surface area is 126 Å². The quantitative estimate of drug-likeness (QED) is 0.873. The lowest BCUT2D eigenvalue weighted by Crippen LogP contribution is -2.49. The van der Waals surface area contributed by atoms with Crippen LogP contribution in [0.5, 0.6) is 0 Å². The number of likely N-dealkylation sites (N-methyl/N-ethyl adjacent to an activating group) is 1. The Morgan fingerprint density at radius 1 is 1.40 bits per heavy atom. The molecule has 0 bridgehead atoms. The molecule has 0 spiro atoms. The normalized spacial score (nSPS) is 22.4. The van der Waals surface area contributed by atoms with Crippen molar-refractivity contribution in [3.8, 4) is 0 Å². The first kappa shape index (κ1) is 15.6. The molecule has 0 aromatic carbocycles. The first-order chi connectivity index (χ1) is 9.55. The Bertz CT molecular complexity index is 441. The van der Waals surface area contributed by atoms with Gasteiger partial charge in [-0.1, -0.05) is 13.3 Å². The largest absolute Gasteiger partial charge is 0.368 e. The van der Waals surface area contributed by atoms with Crippen molar-refractivity contribution in [1.29, 1.82) is 0 Å². The smallest absolute Gasteiger partial charge is 0.129 e. The highest BCUT2D eigenvalue weighted by atomic mass is 32.2. The van der Waals surface area contributed by atoms with Crippen molar-refractivity contribution in [2.45, 2.75) is 38.6 Å². The highest BCUT2D eigenvalue weighted by Gasteiger charge is 2.36. The van der Waals surface area contributed by atoms with Crippen LogP contribution in [-0.4, -0.2) is 52.6 Å². The third kappa shape index (κ3) is 3.64. The van der Waals surface area contributed by atoms with Gasteiger partial charge < -0.3 is 10.2 Å². The van der Waals surface area contributed by atoms with Gasteiger partial charge in [-0.25, -0.2) is 9.97 Å². The maximum atomic E-state index is 4.52. The number of nitrogens with one attached hydrogen (secondary N) is 1. The van der Waals surface area contributed by atoms with Crippen LogP contribution in [0.15, 0.2) is 6.07 Å². The average Bonchev–Trinajstić information content (AvgIpc) is 2.86. The predicted octanol–water partition coefficient (Wildman–Crippen LogP) is 2.59. The summed E-state index contributed by atoms with van der Waals surface area (Å²) in [6.45, 7) is 5.10. The fourth-order valence-electron chi connectivity index (χ4n) is 2.61. The van der Waals surface area contributed by atoms with Crippen molar-refractivity contribution in [3.63, 3.8) is 0 Å². The van der Waals surface area contributed by atoms with E-state index in [1.165, 1.54) is 17.9 Å². The molecule has 0 saturated carbocycles. The summed E-state index contributed by atoms with van der Waals surface area (Å²) in [7, 11) is 4.36. The van der Waals surface area contributed by atoms with E-state index in [-0.39, 0.29) is 5.54 Å². The summed E-state index contributed by atoms with van der Waals surface area (Å²) in [6, 6.07) is 2.10. The molecular formula is C15H26N4S. The lowest BCUT2D eigenvalue weighted by atomic mass is 9.97. The molecule has 1 N–H and O–H groups in total. The minimum absolute atomic E-state index is 0.258.